The fourth-order valence-corrected chi connectivity index (χ4v) is 1.83. The molecule has 0 N–H and O–H groups in total. The van der Waals surface area contributed by atoms with Crippen molar-refractivity contribution in [1.82, 2.24) is 0 Å². The second-order valence-corrected chi connectivity index (χ2v) is 3.98. The van der Waals surface area contributed by atoms with Crippen molar-refractivity contribution in [3.8, 4) is 0 Å². The molecule has 0 heterocycles. The first-order chi connectivity index (χ1) is 8.74. The minimum atomic E-state index is -2.04. The van der Waals surface area contributed by atoms with Gasteiger partial charge in [-0.25, -0.2) is 4.39 Å². The minimum Gasteiger partial charge on any atom is -0.232 e. The molecule has 0 spiro atoms. The van der Waals surface area contributed by atoms with Crippen LogP contribution in [-0.4, -0.2) is 0 Å². The summed E-state index contributed by atoms with van der Waals surface area (Å²) in [5.41, 5.74) is 9.72. The van der Waals surface area contributed by atoms with Gasteiger partial charge in [-0.3, -0.25) is 0 Å². The summed E-state index contributed by atoms with van der Waals surface area (Å²) < 4.78 is 14.8. The normalized spacial score (nSPS) is 13.4. The van der Waals surface area contributed by atoms with Gasteiger partial charge in [0.2, 0.25) is 5.79 Å². The third-order valence-electron chi connectivity index (χ3n) is 2.70. The Morgan fingerprint density at radius 3 is 2.11 bits per heavy atom. The summed E-state index contributed by atoms with van der Waals surface area (Å²) in [6, 6.07) is 17.6. The second-order valence-electron chi connectivity index (χ2n) is 3.98. The van der Waals surface area contributed by atoms with Gasteiger partial charge < -0.3 is 0 Å². The summed E-state index contributed by atoms with van der Waals surface area (Å²) in [6.07, 6.45) is 0.0297. The van der Waals surface area contributed by atoms with Crippen LogP contribution in [0.5, 0.6) is 0 Å². The van der Waals surface area contributed by atoms with Gasteiger partial charge in [0, 0.05) is 11.3 Å². The SMILES string of the molecule is [N-]=[N+]=NC(F)(Cc1ccccc1)c1ccccc1. The van der Waals surface area contributed by atoms with Crippen molar-refractivity contribution in [2.45, 2.75) is 12.2 Å². The highest BCUT2D eigenvalue weighted by Gasteiger charge is 2.30. The summed E-state index contributed by atoms with van der Waals surface area (Å²) in [7, 11) is 0. The Labute approximate surface area is 105 Å². The van der Waals surface area contributed by atoms with Crippen molar-refractivity contribution in [2.24, 2.45) is 5.11 Å². The highest BCUT2D eigenvalue weighted by molar-refractivity contribution is 5.26. The lowest BCUT2D eigenvalue weighted by atomic mass is 9.97. The first kappa shape index (κ1) is 12.1. The van der Waals surface area contributed by atoms with Crippen molar-refractivity contribution in [1.29, 1.82) is 0 Å². The molecule has 0 aliphatic rings. The zero-order chi connectivity index (χ0) is 12.8. The molecule has 0 fully saturated rings. The maximum absolute atomic E-state index is 14.8. The van der Waals surface area contributed by atoms with E-state index in [4.69, 9.17) is 5.53 Å². The molecule has 18 heavy (non-hydrogen) atoms. The van der Waals surface area contributed by atoms with Gasteiger partial charge in [-0.15, -0.1) is 0 Å². The molecule has 1 unspecified atom stereocenters. The van der Waals surface area contributed by atoms with E-state index < -0.39 is 5.79 Å². The molecule has 0 aliphatic heterocycles. The fraction of sp³-hybridized carbons (Fsp3) is 0.143. The Morgan fingerprint density at radius 2 is 1.56 bits per heavy atom. The monoisotopic (exact) mass is 241 g/mol. The van der Waals surface area contributed by atoms with E-state index >= 15 is 0 Å². The zero-order valence-corrected chi connectivity index (χ0v) is 9.70. The van der Waals surface area contributed by atoms with E-state index in [2.05, 4.69) is 10.0 Å². The quantitative estimate of drug-likeness (QED) is 0.330. The van der Waals surface area contributed by atoms with Gasteiger partial charge in [0.1, 0.15) is 0 Å². The van der Waals surface area contributed by atoms with Crippen LogP contribution in [0.4, 0.5) is 4.39 Å². The average molecular weight is 241 g/mol. The van der Waals surface area contributed by atoms with Gasteiger partial charge in [0.25, 0.3) is 0 Å². The minimum absolute atomic E-state index is 0.0297. The van der Waals surface area contributed by atoms with Crippen LogP contribution in [0.1, 0.15) is 11.1 Å². The Balaban J connectivity index is 2.36. The molecule has 2 aromatic carbocycles. The number of benzene rings is 2. The van der Waals surface area contributed by atoms with Crippen LogP contribution in [0.2, 0.25) is 0 Å². The lowest BCUT2D eigenvalue weighted by molar-refractivity contribution is 0.174. The molecule has 4 heteroatoms. The zero-order valence-electron chi connectivity index (χ0n) is 9.70. The number of hydrogen-bond donors (Lipinski definition) is 0. The molecule has 0 bridgehead atoms. The number of alkyl halides is 1. The third-order valence-corrected chi connectivity index (χ3v) is 2.70. The van der Waals surface area contributed by atoms with Gasteiger partial charge >= 0.3 is 0 Å². The van der Waals surface area contributed by atoms with E-state index in [0.717, 1.165) is 5.56 Å². The number of hydrogen-bond acceptors (Lipinski definition) is 1. The summed E-state index contributed by atoms with van der Waals surface area (Å²) in [5.74, 6) is -2.04. The van der Waals surface area contributed by atoms with Crippen molar-refractivity contribution >= 4 is 0 Å². The second kappa shape index (κ2) is 5.34. The van der Waals surface area contributed by atoms with Crippen LogP contribution in [-0.2, 0) is 12.2 Å². The average Bonchev–Trinajstić information content (AvgIpc) is 2.41. The molecular weight excluding hydrogens is 229 g/mol. The fourth-order valence-electron chi connectivity index (χ4n) is 1.83. The first-order valence-corrected chi connectivity index (χ1v) is 5.59. The maximum atomic E-state index is 14.8. The Bertz CT molecular complexity index is 550. The Hall–Kier alpha value is -2.32. The lowest BCUT2D eigenvalue weighted by Gasteiger charge is -2.20. The topological polar surface area (TPSA) is 48.8 Å². The number of rotatable bonds is 4. The summed E-state index contributed by atoms with van der Waals surface area (Å²) in [4.78, 5) is 2.63. The molecule has 90 valence electrons. The summed E-state index contributed by atoms with van der Waals surface area (Å²) >= 11 is 0. The van der Waals surface area contributed by atoms with Crippen molar-refractivity contribution < 1.29 is 4.39 Å². The molecule has 2 aromatic rings. The van der Waals surface area contributed by atoms with E-state index in [9.17, 15) is 4.39 Å². The highest BCUT2D eigenvalue weighted by atomic mass is 19.1. The van der Waals surface area contributed by atoms with Crippen LogP contribution in [0.3, 0.4) is 0 Å². The third kappa shape index (κ3) is 2.67. The van der Waals surface area contributed by atoms with Crippen LogP contribution in [0, 0.1) is 0 Å². The van der Waals surface area contributed by atoms with Gasteiger partial charge in [-0.1, -0.05) is 60.7 Å². The highest BCUT2D eigenvalue weighted by Crippen LogP contribution is 2.31. The van der Waals surface area contributed by atoms with E-state index in [-0.39, 0.29) is 6.42 Å². The van der Waals surface area contributed by atoms with E-state index in [1.54, 1.807) is 30.3 Å². The molecule has 2 rings (SSSR count). The van der Waals surface area contributed by atoms with E-state index in [1.807, 2.05) is 30.3 Å². The molecule has 0 aromatic heterocycles. The van der Waals surface area contributed by atoms with E-state index in [1.165, 1.54) is 0 Å². The van der Waals surface area contributed by atoms with Gasteiger partial charge in [0.15, 0.2) is 0 Å². The van der Waals surface area contributed by atoms with Crippen LogP contribution >= 0.6 is 0 Å². The predicted octanol–water partition coefficient (Wildman–Crippen LogP) is 4.36. The van der Waals surface area contributed by atoms with Crippen LogP contribution in [0.15, 0.2) is 65.8 Å². The molecular formula is C14H12FN3. The predicted molar refractivity (Wildman–Crippen MR) is 68.5 cm³/mol. The molecule has 0 amide bonds. The molecule has 0 saturated carbocycles. The molecule has 1 atom stereocenters. The first-order valence-electron chi connectivity index (χ1n) is 5.59. The summed E-state index contributed by atoms with van der Waals surface area (Å²) in [5, 5.41) is 3.34. The molecule has 0 saturated heterocycles. The largest absolute Gasteiger partial charge is 0.232 e. The Kier molecular flexibility index (Phi) is 3.60. The van der Waals surface area contributed by atoms with Gasteiger partial charge in [-0.2, -0.15) is 0 Å². The molecule has 3 nitrogen and oxygen atoms in total. The smallest absolute Gasteiger partial charge is 0.218 e. The maximum Gasteiger partial charge on any atom is 0.218 e. The van der Waals surface area contributed by atoms with Crippen molar-refractivity contribution in [2.75, 3.05) is 0 Å². The van der Waals surface area contributed by atoms with Crippen molar-refractivity contribution in [3.05, 3.63) is 82.2 Å². The number of halogens is 1. The summed E-state index contributed by atoms with van der Waals surface area (Å²) in [6.45, 7) is 0. The lowest BCUT2D eigenvalue weighted by Crippen LogP contribution is -2.19. The van der Waals surface area contributed by atoms with Crippen LogP contribution < -0.4 is 0 Å². The van der Waals surface area contributed by atoms with Gasteiger partial charge in [0.05, 0.1) is 0 Å². The molecule has 0 radical (unpaired) electrons. The Morgan fingerprint density at radius 1 is 1.00 bits per heavy atom. The number of nitrogens with zero attached hydrogens (tertiary/aromatic N) is 3. The van der Waals surface area contributed by atoms with Gasteiger partial charge in [-0.05, 0) is 21.8 Å². The number of azide groups is 1. The standard InChI is InChI=1S/C14H12FN3/c15-14(17-18-16,13-9-5-2-6-10-13)11-12-7-3-1-4-8-12/h1-10H,11H2. The molecule has 0 aliphatic carbocycles. The van der Waals surface area contributed by atoms with Crippen molar-refractivity contribution in [3.63, 3.8) is 0 Å². The van der Waals surface area contributed by atoms with E-state index in [0.29, 0.717) is 5.56 Å². The van der Waals surface area contributed by atoms with Crippen LogP contribution in [0.25, 0.3) is 10.4 Å².